The quantitative estimate of drug-likeness (QED) is 0.914. The molecule has 3 rings (SSSR count). The van der Waals surface area contributed by atoms with Crippen LogP contribution in [0.2, 0.25) is 0 Å². The Morgan fingerprint density at radius 1 is 1.24 bits per heavy atom. The molecule has 1 saturated heterocycles. The fourth-order valence-corrected chi connectivity index (χ4v) is 3.30. The molecule has 1 aliphatic rings. The van der Waals surface area contributed by atoms with Gasteiger partial charge in [0.1, 0.15) is 5.01 Å². The second-order valence-corrected chi connectivity index (χ2v) is 6.30. The van der Waals surface area contributed by atoms with Gasteiger partial charge in [-0.1, -0.05) is 29.0 Å². The van der Waals surface area contributed by atoms with Gasteiger partial charge < -0.3 is 5.32 Å². The van der Waals surface area contributed by atoms with Gasteiger partial charge in [0.05, 0.1) is 0 Å². The Balaban J connectivity index is 1.66. The van der Waals surface area contributed by atoms with Crippen LogP contribution in [-0.2, 0) is 0 Å². The van der Waals surface area contributed by atoms with Crippen molar-refractivity contribution in [3.8, 4) is 0 Å². The highest BCUT2D eigenvalue weighted by Gasteiger charge is 2.20. The Labute approximate surface area is 127 Å². The number of nitrogens with one attached hydrogen (secondary N) is 2. The van der Waals surface area contributed by atoms with Crippen LogP contribution in [0.3, 0.4) is 0 Å². The zero-order chi connectivity index (χ0) is 14.7. The van der Waals surface area contributed by atoms with E-state index in [-0.39, 0.29) is 5.91 Å². The summed E-state index contributed by atoms with van der Waals surface area (Å²) in [4.78, 5) is 12.1. The largest absolute Gasteiger partial charge is 0.317 e. The number of hydrogen-bond donors (Lipinski definition) is 2. The number of aromatic nitrogens is 2. The summed E-state index contributed by atoms with van der Waals surface area (Å²) in [5, 5.41) is 16.1. The van der Waals surface area contributed by atoms with Gasteiger partial charge in [-0.3, -0.25) is 10.1 Å². The summed E-state index contributed by atoms with van der Waals surface area (Å²) >= 11 is 1.48. The number of aryl methyl sites for hydroxylation is 1. The molecular weight excluding hydrogens is 284 g/mol. The van der Waals surface area contributed by atoms with Gasteiger partial charge in [-0.15, -0.1) is 10.2 Å². The maximum Gasteiger partial charge on any atom is 0.257 e. The number of benzene rings is 1. The predicted octanol–water partition coefficient (Wildman–Crippen LogP) is 2.57. The van der Waals surface area contributed by atoms with Crippen molar-refractivity contribution in [3.63, 3.8) is 0 Å². The van der Waals surface area contributed by atoms with E-state index in [0.29, 0.717) is 16.6 Å². The minimum atomic E-state index is -0.136. The molecule has 2 N–H and O–H groups in total. The molecule has 1 amide bonds. The van der Waals surface area contributed by atoms with Crippen molar-refractivity contribution in [1.29, 1.82) is 0 Å². The highest BCUT2D eigenvalue weighted by atomic mass is 32.1. The summed E-state index contributed by atoms with van der Waals surface area (Å²) in [6.45, 7) is 4.04. The maximum absolute atomic E-state index is 12.1. The topological polar surface area (TPSA) is 66.9 Å². The van der Waals surface area contributed by atoms with Crippen LogP contribution in [0.4, 0.5) is 5.13 Å². The Morgan fingerprint density at radius 2 is 1.95 bits per heavy atom. The molecule has 21 heavy (non-hydrogen) atoms. The summed E-state index contributed by atoms with van der Waals surface area (Å²) in [6.07, 6.45) is 2.17. The van der Waals surface area contributed by atoms with Crippen LogP contribution in [0, 0.1) is 6.92 Å². The van der Waals surface area contributed by atoms with E-state index in [0.717, 1.165) is 36.5 Å². The molecule has 0 saturated carbocycles. The molecule has 2 heterocycles. The number of hydrogen-bond acceptors (Lipinski definition) is 5. The number of carbonyl (C=O) groups excluding carboxylic acids is 1. The molecular formula is C15H18N4OS. The standard InChI is InChI=1S/C15H18N4OS/c1-10-2-4-11(5-3-10)13(20)17-15-19-18-14(21-15)12-6-8-16-9-7-12/h2-5,12,16H,6-9H2,1H3,(H,17,19,20). The summed E-state index contributed by atoms with van der Waals surface area (Å²) in [6, 6.07) is 7.49. The summed E-state index contributed by atoms with van der Waals surface area (Å²) < 4.78 is 0. The fraction of sp³-hybridized carbons (Fsp3) is 0.400. The minimum absolute atomic E-state index is 0.136. The zero-order valence-electron chi connectivity index (χ0n) is 11.9. The molecule has 5 nitrogen and oxygen atoms in total. The molecule has 1 aromatic heterocycles. The highest BCUT2D eigenvalue weighted by Crippen LogP contribution is 2.29. The van der Waals surface area contributed by atoms with E-state index in [1.165, 1.54) is 11.3 Å². The molecule has 110 valence electrons. The van der Waals surface area contributed by atoms with Crippen molar-refractivity contribution in [1.82, 2.24) is 15.5 Å². The second-order valence-electron chi connectivity index (χ2n) is 5.29. The van der Waals surface area contributed by atoms with Crippen LogP contribution in [0.15, 0.2) is 24.3 Å². The monoisotopic (exact) mass is 302 g/mol. The van der Waals surface area contributed by atoms with Gasteiger partial charge in [0.15, 0.2) is 0 Å². The third kappa shape index (κ3) is 3.46. The molecule has 0 unspecified atom stereocenters. The molecule has 0 aliphatic carbocycles. The van der Waals surface area contributed by atoms with Crippen molar-refractivity contribution in [2.24, 2.45) is 0 Å². The lowest BCUT2D eigenvalue weighted by molar-refractivity contribution is 0.102. The van der Waals surface area contributed by atoms with Gasteiger partial charge in [0, 0.05) is 11.5 Å². The van der Waals surface area contributed by atoms with Gasteiger partial charge in [-0.05, 0) is 45.0 Å². The smallest absolute Gasteiger partial charge is 0.257 e. The van der Waals surface area contributed by atoms with Crippen molar-refractivity contribution < 1.29 is 4.79 Å². The molecule has 1 fully saturated rings. The van der Waals surface area contributed by atoms with E-state index in [2.05, 4.69) is 20.8 Å². The first-order chi connectivity index (χ1) is 10.2. The van der Waals surface area contributed by atoms with E-state index in [4.69, 9.17) is 0 Å². The van der Waals surface area contributed by atoms with Crippen LogP contribution in [-0.4, -0.2) is 29.2 Å². The number of rotatable bonds is 3. The van der Waals surface area contributed by atoms with Crippen LogP contribution >= 0.6 is 11.3 Å². The lowest BCUT2D eigenvalue weighted by Gasteiger charge is -2.19. The van der Waals surface area contributed by atoms with Crippen molar-refractivity contribution in [2.75, 3.05) is 18.4 Å². The highest BCUT2D eigenvalue weighted by molar-refractivity contribution is 7.15. The van der Waals surface area contributed by atoms with Crippen LogP contribution < -0.4 is 10.6 Å². The van der Waals surface area contributed by atoms with Crippen molar-refractivity contribution >= 4 is 22.4 Å². The average Bonchev–Trinajstić information content (AvgIpc) is 2.97. The second kappa shape index (κ2) is 6.32. The van der Waals surface area contributed by atoms with E-state index in [9.17, 15) is 4.79 Å². The Morgan fingerprint density at radius 3 is 2.67 bits per heavy atom. The fourth-order valence-electron chi connectivity index (χ4n) is 2.39. The van der Waals surface area contributed by atoms with E-state index >= 15 is 0 Å². The first kappa shape index (κ1) is 14.2. The van der Waals surface area contributed by atoms with Gasteiger partial charge >= 0.3 is 0 Å². The molecule has 1 aliphatic heterocycles. The van der Waals surface area contributed by atoms with Crippen LogP contribution in [0.1, 0.15) is 39.7 Å². The minimum Gasteiger partial charge on any atom is -0.317 e. The Bertz CT molecular complexity index is 617. The molecule has 0 bridgehead atoms. The van der Waals surface area contributed by atoms with Gasteiger partial charge in [-0.25, -0.2) is 0 Å². The van der Waals surface area contributed by atoms with Crippen molar-refractivity contribution in [2.45, 2.75) is 25.7 Å². The SMILES string of the molecule is Cc1ccc(C(=O)Nc2nnc(C3CCNCC3)s2)cc1. The summed E-state index contributed by atoms with van der Waals surface area (Å²) in [5.41, 5.74) is 1.77. The Hall–Kier alpha value is -1.79. The molecule has 0 spiro atoms. The number of piperidine rings is 1. The summed E-state index contributed by atoms with van der Waals surface area (Å²) in [5.74, 6) is 0.330. The number of anilines is 1. The number of amides is 1. The maximum atomic E-state index is 12.1. The molecule has 0 radical (unpaired) electrons. The van der Waals surface area contributed by atoms with E-state index in [1.807, 2.05) is 31.2 Å². The van der Waals surface area contributed by atoms with E-state index in [1.54, 1.807) is 0 Å². The van der Waals surface area contributed by atoms with Crippen LogP contribution in [0.5, 0.6) is 0 Å². The molecule has 1 aromatic carbocycles. The molecule has 6 heteroatoms. The van der Waals surface area contributed by atoms with Crippen molar-refractivity contribution in [3.05, 3.63) is 40.4 Å². The van der Waals surface area contributed by atoms with Gasteiger partial charge in [0.2, 0.25) is 5.13 Å². The lowest BCUT2D eigenvalue weighted by Crippen LogP contribution is -2.26. The average molecular weight is 302 g/mol. The van der Waals surface area contributed by atoms with Crippen LogP contribution in [0.25, 0.3) is 0 Å². The molecule has 2 aromatic rings. The van der Waals surface area contributed by atoms with Gasteiger partial charge in [-0.2, -0.15) is 0 Å². The molecule has 0 atom stereocenters. The first-order valence-electron chi connectivity index (χ1n) is 7.14. The third-order valence-corrected chi connectivity index (χ3v) is 4.66. The normalized spacial score (nSPS) is 15.9. The lowest BCUT2D eigenvalue weighted by atomic mass is 9.99. The number of nitrogens with zero attached hydrogens (tertiary/aromatic N) is 2. The first-order valence-corrected chi connectivity index (χ1v) is 7.96. The number of carbonyl (C=O) groups is 1. The summed E-state index contributed by atoms with van der Waals surface area (Å²) in [7, 11) is 0. The van der Waals surface area contributed by atoms with E-state index < -0.39 is 0 Å². The Kier molecular flexibility index (Phi) is 4.26. The zero-order valence-corrected chi connectivity index (χ0v) is 12.7. The predicted molar refractivity (Wildman–Crippen MR) is 83.9 cm³/mol. The third-order valence-electron chi connectivity index (χ3n) is 3.66. The van der Waals surface area contributed by atoms with Gasteiger partial charge in [0.25, 0.3) is 5.91 Å².